The van der Waals surface area contributed by atoms with Crippen LogP contribution in [0.5, 0.6) is 0 Å². The number of carbonyl (C=O) groups excluding carboxylic acids is 1. The number of ether oxygens (including phenoxy) is 2. The summed E-state index contributed by atoms with van der Waals surface area (Å²) in [6.07, 6.45) is 11.4. The van der Waals surface area contributed by atoms with Crippen LogP contribution in [-0.4, -0.2) is 78.9 Å². The van der Waals surface area contributed by atoms with Crippen molar-refractivity contribution in [2.24, 2.45) is 5.92 Å². The third-order valence-electron chi connectivity index (χ3n) is 8.75. The van der Waals surface area contributed by atoms with Crippen molar-refractivity contribution >= 4 is 23.6 Å². The highest BCUT2D eigenvalue weighted by atomic mass is 32.2. The molecule has 0 radical (unpaired) electrons. The Labute approximate surface area is 255 Å². The number of rotatable bonds is 14. The number of benzene rings is 2. The molecule has 2 N–H and O–H groups in total. The summed E-state index contributed by atoms with van der Waals surface area (Å²) in [5.74, 6) is -0.0385. The number of nitrogens with zero attached hydrogens (tertiary/aromatic N) is 1. The summed E-state index contributed by atoms with van der Waals surface area (Å²) in [5, 5.41) is 12.5. The molecule has 7 nitrogen and oxygen atoms in total. The van der Waals surface area contributed by atoms with Crippen molar-refractivity contribution in [1.82, 2.24) is 10.2 Å². The number of thioether (sulfide) groups is 1. The molecule has 230 valence electrons. The van der Waals surface area contributed by atoms with Gasteiger partial charge in [-0.05, 0) is 84.9 Å². The van der Waals surface area contributed by atoms with Gasteiger partial charge in [0.1, 0.15) is 6.04 Å². The van der Waals surface area contributed by atoms with Crippen LogP contribution in [-0.2, 0) is 20.8 Å². The van der Waals surface area contributed by atoms with Crippen LogP contribution in [0.2, 0.25) is 0 Å². The predicted molar refractivity (Wildman–Crippen MR) is 170 cm³/mol. The highest BCUT2D eigenvalue weighted by Gasteiger charge is 2.33. The minimum atomic E-state index is -1.01. The maximum atomic E-state index is 13.5. The Bertz CT molecular complexity index is 1170. The molecule has 1 saturated heterocycles. The number of hydrogen-bond acceptors (Lipinski definition) is 6. The summed E-state index contributed by atoms with van der Waals surface area (Å²) < 4.78 is 12.1. The summed E-state index contributed by atoms with van der Waals surface area (Å²) in [7, 11) is 1.76. The first-order valence-electron chi connectivity index (χ1n) is 15.5. The zero-order valence-electron chi connectivity index (χ0n) is 25.5. The van der Waals surface area contributed by atoms with E-state index in [-0.39, 0.29) is 18.1 Å². The summed E-state index contributed by atoms with van der Waals surface area (Å²) >= 11 is 1.57. The molecular formula is C34H48N2O5S. The molecule has 0 aromatic heterocycles. The van der Waals surface area contributed by atoms with Crippen molar-refractivity contribution in [2.45, 2.75) is 83.0 Å². The van der Waals surface area contributed by atoms with Gasteiger partial charge in [0.05, 0.1) is 12.7 Å². The largest absolute Gasteiger partial charge is 0.480 e. The van der Waals surface area contributed by atoms with E-state index in [1.807, 2.05) is 49.6 Å². The number of carboxylic acids is 1. The molecule has 3 atom stereocenters. The molecular weight excluding hydrogens is 548 g/mol. The van der Waals surface area contributed by atoms with Gasteiger partial charge in [-0.15, -0.1) is 0 Å². The monoisotopic (exact) mass is 596 g/mol. The number of aliphatic carboxylic acids is 1. The average Bonchev–Trinajstić information content (AvgIpc) is 3.16. The van der Waals surface area contributed by atoms with Gasteiger partial charge in [0.2, 0.25) is 0 Å². The van der Waals surface area contributed by atoms with Crippen LogP contribution in [0, 0.1) is 12.8 Å². The summed E-state index contributed by atoms with van der Waals surface area (Å²) in [6, 6.07) is 13.3. The van der Waals surface area contributed by atoms with Gasteiger partial charge in [-0.1, -0.05) is 56.0 Å². The molecule has 0 spiro atoms. The molecule has 2 aliphatic rings. The van der Waals surface area contributed by atoms with Gasteiger partial charge in [0, 0.05) is 38.4 Å². The molecule has 4 rings (SSSR count). The lowest BCUT2D eigenvalue weighted by atomic mass is 9.93. The van der Waals surface area contributed by atoms with Crippen LogP contribution in [0.15, 0.2) is 42.5 Å². The van der Waals surface area contributed by atoms with Gasteiger partial charge in [-0.25, -0.2) is 4.79 Å². The first-order valence-corrected chi connectivity index (χ1v) is 16.8. The third kappa shape index (κ3) is 9.06. The number of likely N-dealkylation sites (tertiary alicyclic amines) is 1. The van der Waals surface area contributed by atoms with E-state index >= 15 is 0 Å². The first kappa shape index (κ1) is 32.5. The molecule has 2 aromatic rings. The second-order valence-electron chi connectivity index (χ2n) is 11.9. The Hall–Kier alpha value is -2.39. The smallest absolute Gasteiger partial charge is 0.326 e. The molecule has 0 bridgehead atoms. The zero-order chi connectivity index (χ0) is 29.9. The fraction of sp³-hybridized carbons (Fsp3) is 0.588. The number of hydrogen-bond donors (Lipinski definition) is 2. The van der Waals surface area contributed by atoms with Gasteiger partial charge in [0.25, 0.3) is 5.91 Å². The van der Waals surface area contributed by atoms with Crippen molar-refractivity contribution in [3.63, 3.8) is 0 Å². The average molecular weight is 597 g/mol. The molecule has 1 aliphatic carbocycles. The lowest BCUT2D eigenvalue weighted by Gasteiger charge is -2.24. The molecule has 1 saturated carbocycles. The van der Waals surface area contributed by atoms with Crippen LogP contribution in [0.25, 0.3) is 11.1 Å². The second-order valence-corrected chi connectivity index (χ2v) is 12.9. The Balaban J connectivity index is 1.52. The van der Waals surface area contributed by atoms with Crippen molar-refractivity contribution in [2.75, 3.05) is 38.9 Å². The van der Waals surface area contributed by atoms with Crippen LogP contribution >= 0.6 is 11.8 Å². The van der Waals surface area contributed by atoms with E-state index in [4.69, 9.17) is 9.47 Å². The fourth-order valence-corrected chi connectivity index (χ4v) is 6.84. The van der Waals surface area contributed by atoms with Crippen molar-refractivity contribution in [3.05, 3.63) is 59.2 Å². The molecule has 1 amide bonds. The molecule has 1 heterocycles. The molecule has 2 fully saturated rings. The number of carbonyl (C=O) groups is 2. The van der Waals surface area contributed by atoms with E-state index in [0.29, 0.717) is 30.3 Å². The fourth-order valence-electron chi connectivity index (χ4n) is 6.37. The highest BCUT2D eigenvalue weighted by molar-refractivity contribution is 7.98. The number of carboxylic acid groups (broad SMARTS) is 1. The topological polar surface area (TPSA) is 88.1 Å². The quantitative estimate of drug-likeness (QED) is 0.252. The van der Waals surface area contributed by atoms with Crippen molar-refractivity contribution in [3.8, 4) is 11.1 Å². The standard InChI is InChI=1S/C34H48N2O5S/c1-24-10-8-9-13-29(24)31-18-26(14-15-30(31)33(37)35-32(34(38)39)16-17-42-3)20-36-21-28(19-27(36)23-40-2)41-22-25-11-6-4-5-7-12-25/h8-10,13-15,18,25,27-28,32H,4-7,11-12,16-17,19-23H2,1-3H3,(H,35,37)(H,38,39)/t27?,28-,32?/m1/s1. The molecule has 8 heteroatoms. The SMILES string of the molecule is COCC1C[C@@H](OCC2CCCCCC2)CN1Cc1ccc(C(=O)NC(CCSC)C(=O)O)c(-c2ccccc2C)c1. The number of methoxy groups -OCH3 is 1. The second kappa shape index (κ2) is 16.5. The number of aryl methyl sites for hydroxylation is 1. The van der Waals surface area contributed by atoms with Crippen molar-refractivity contribution < 1.29 is 24.2 Å². The Morgan fingerprint density at radius 1 is 1.07 bits per heavy atom. The highest BCUT2D eigenvalue weighted by Crippen LogP contribution is 2.31. The molecule has 2 unspecified atom stereocenters. The van der Waals surface area contributed by atoms with E-state index < -0.39 is 12.0 Å². The van der Waals surface area contributed by atoms with Gasteiger partial charge in [-0.2, -0.15) is 11.8 Å². The van der Waals surface area contributed by atoms with E-state index in [2.05, 4.69) is 16.3 Å². The van der Waals surface area contributed by atoms with Gasteiger partial charge in [0.15, 0.2) is 0 Å². The molecule has 1 aliphatic heterocycles. The number of amides is 1. The molecule has 2 aromatic carbocycles. The summed E-state index contributed by atoms with van der Waals surface area (Å²) in [4.78, 5) is 27.7. The molecule has 42 heavy (non-hydrogen) atoms. The normalized spacial score (nSPS) is 20.7. The Morgan fingerprint density at radius 3 is 2.52 bits per heavy atom. The van der Waals surface area contributed by atoms with E-state index in [9.17, 15) is 14.7 Å². The zero-order valence-corrected chi connectivity index (χ0v) is 26.3. The van der Waals surface area contributed by atoms with E-state index in [0.717, 1.165) is 48.4 Å². The lowest BCUT2D eigenvalue weighted by molar-refractivity contribution is -0.139. The van der Waals surface area contributed by atoms with Crippen LogP contribution in [0.4, 0.5) is 0 Å². The van der Waals surface area contributed by atoms with E-state index in [1.54, 1.807) is 18.9 Å². The maximum Gasteiger partial charge on any atom is 0.326 e. The minimum absolute atomic E-state index is 0.198. The first-order chi connectivity index (χ1) is 20.4. The Morgan fingerprint density at radius 2 is 1.83 bits per heavy atom. The number of nitrogens with one attached hydrogen (secondary N) is 1. The summed E-state index contributed by atoms with van der Waals surface area (Å²) in [5.41, 5.74) is 4.45. The van der Waals surface area contributed by atoms with Gasteiger partial charge >= 0.3 is 5.97 Å². The lowest BCUT2D eigenvalue weighted by Crippen LogP contribution is -2.41. The van der Waals surface area contributed by atoms with Crippen LogP contribution in [0.1, 0.15) is 72.9 Å². The Kier molecular flexibility index (Phi) is 12.7. The maximum absolute atomic E-state index is 13.5. The van der Waals surface area contributed by atoms with Gasteiger partial charge in [-0.3, -0.25) is 9.69 Å². The van der Waals surface area contributed by atoms with Crippen molar-refractivity contribution in [1.29, 1.82) is 0 Å². The van der Waals surface area contributed by atoms with E-state index in [1.165, 1.54) is 38.5 Å². The van der Waals surface area contributed by atoms with Gasteiger partial charge < -0.3 is 19.9 Å². The summed E-state index contributed by atoms with van der Waals surface area (Å²) in [6.45, 7) is 5.13. The predicted octanol–water partition coefficient (Wildman–Crippen LogP) is 6.17. The minimum Gasteiger partial charge on any atom is -0.480 e. The van der Waals surface area contributed by atoms with Crippen LogP contribution in [0.3, 0.4) is 0 Å². The third-order valence-corrected chi connectivity index (χ3v) is 9.40. The van der Waals surface area contributed by atoms with Crippen LogP contribution < -0.4 is 5.32 Å².